The molecule has 1 aromatic heterocycles. The quantitative estimate of drug-likeness (QED) is 0.761. The summed E-state index contributed by atoms with van der Waals surface area (Å²) in [6.45, 7) is 6.73. The number of hydrogen-bond acceptors (Lipinski definition) is 4. The molecule has 1 saturated heterocycles. The second-order valence-corrected chi connectivity index (χ2v) is 4.21. The van der Waals surface area contributed by atoms with Crippen LogP contribution in [0.25, 0.3) is 0 Å². The molecule has 0 aromatic carbocycles. The molecular formula is C11H21N5. The van der Waals surface area contributed by atoms with Gasteiger partial charge in [-0.3, -0.25) is 4.68 Å². The summed E-state index contributed by atoms with van der Waals surface area (Å²) in [7, 11) is 1.96. The van der Waals surface area contributed by atoms with E-state index in [1.165, 1.54) is 13.0 Å². The van der Waals surface area contributed by atoms with Gasteiger partial charge in [-0.15, -0.1) is 0 Å². The molecule has 0 unspecified atom stereocenters. The van der Waals surface area contributed by atoms with E-state index in [4.69, 9.17) is 0 Å². The van der Waals surface area contributed by atoms with Gasteiger partial charge in [0.1, 0.15) is 5.82 Å². The van der Waals surface area contributed by atoms with Gasteiger partial charge in [-0.2, -0.15) is 5.10 Å². The van der Waals surface area contributed by atoms with Crippen LogP contribution in [-0.2, 0) is 7.05 Å². The zero-order valence-electron chi connectivity index (χ0n) is 9.95. The number of nitrogens with zero attached hydrogens (tertiary/aromatic N) is 3. The summed E-state index contributed by atoms with van der Waals surface area (Å²) in [5, 5.41) is 10.9. The number of anilines is 1. The molecule has 0 radical (unpaired) electrons. The Morgan fingerprint density at radius 3 is 3.19 bits per heavy atom. The summed E-state index contributed by atoms with van der Waals surface area (Å²) in [4.78, 5) is 2.50. The average molecular weight is 223 g/mol. The molecule has 1 aliphatic rings. The van der Waals surface area contributed by atoms with Crippen molar-refractivity contribution in [3.63, 3.8) is 0 Å². The first-order valence-corrected chi connectivity index (χ1v) is 6.01. The number of aromatic nitrogens is 2. The Bertz CT molecular complexity index is 301. The Labute approximate surface area is 96.8 Å². The average Bonchev–Trinajstić information content (AvgIpc) is 2.55. The third kappa shape index (κ3) is 3.21. The van der Waals surface area contributed by atoms with Crippen LogP contribution < -0.4 is 10.6 Å². The molecule has 0 spiro atoms. The lowest BCUT2D eigenvalue weighted by Crippen LogP contribution is -2.32. The van der Waals surface area contributed by atoms with Crippen LogP contribution in [0.5, 0.6) is 0 Å². The van der Waals surface area contributed by atoms with Crippen LogP contribution in [0.4, 0.5) is 5.82 Å². The predicted octanol–water partition coefficient (Wildman–Crippen LogP) is 0.127. The third-order valence-electron chi connectivity index (χ3n) is 2.99. The maximum Gasteiger partial charge on any atom is 0.123 e. The minimum atomic E-state index is 0.986. The summed E-state index contributed by atoms with van der Waals surface area (Å²) < 4.78 is 1.87. The van der Waals surface area contributed by atoms with E-state index in [1.54, 1.807) is 0 Å². The lowest BCUT2D eigenvalue weighted by atomic mass is 10.4. The number of aryl methyl sites for hydroxylation is 1. The minimum absolute atomic E-state index is 0.986. The van der Waals surface area contributed by atoms with Gasteiger partial charge in [-0.1, -0.05) is 0 Å². The lowest BCUT2D eigenvalue weighted by Gasteiger charge is -2.19. The highest BCUT2D eigenvalue weighted by Gasteiger charge is 2.07. The van der Waals surface area contributed by atoms with Gasteiger partial charge in [-0.25, -0.2) is 0 Å². The number of nitrogens with one attached hydrogen (secondary N) is 2. The Balaban J connectivity index is 1.69. The maximum atomic E-state index is 4.13. The van der Waals surface area contributed by atoms with Crippen LogP contribution in [0.2, 0.25) is 0 Å². The molecule has 0 bridgehead atoms. The van der Waals surface area contributed by atoms with Gasteiger partial charge in [0, 0.05) is 39.3 Å². The SMILES string of the molecule is Cn1nccc1NCCN1CCCNCC1. The van der Waals surface area contributed by atoms with Crippen molar-refractivity contribution in [2.75, 3.05) is 44.6 Å². The molecule has 0 aliphatic carbocycles. The van der Waals surface area contributed by atoms with Gasteiger partial charge in [0.2, 0.25) is 0 Å². The monoisotopic (exact) mass is 223 g/mol. The molecule has 0 saturated carbocycles. The fourth-order valence-corrected chi connectivity index (χ4v) is 2.01. The third-order valence-corrected chi connectivity index (χ3v) is 2.99. The Morgan fingerprint density at radius 2 is 2.38 bits per heavy atom. The van der Waals surface area contributed by atoms with Crippen molar-refractivity contribution < 1.29 is 0 Å². The van der Waals surface area contributed by atoms with Crippen molar-refractivity contribution in [3.05, 3.63) is 12.3 Å². The highest BCUT2D eigenvalue weighted by atomic mass is 15.3. The van der Waals surface area contributed by atoms with Crippen molar-refractivity contribution in [3.8, 4) is 0 Å². The van der Waals surface area contributed by atoms with Gasteiger partial charge in [0.15, 0.2) is 0 Å². The predicted molar refractivity (Wildman–Crippen MR) is 65.6 cm³/mol. The summed E-state index contributed by atoms with van der Waals surface area (Å²) in [5.41, 5.74) is 0. The fourth-order valence-electron chi connectivity index (χ4n) is 2.01. The largest absolute Gasteiger partial charge is 0.369 e. The highest BCUT2D eigenvalue weighted by molar-refractivity contribution is 5.33. The summed E-state index contributed by atoms with van der Waals surface area (Å²) >= 11 is 0. The van der Waals surface area contributed by atoms with E-state index >= 15 is 0 Å². The minimum Gasteiger partial charge on any atom is -0.369 e. The number of hydrogen-bond donors (Lipinski definition) is 2. The van der Waals surface area contributed by atoms with Gasteiger partial charge >= 0.3 is 0 Å². The first kappa shape index (κ1) is 11.4. The zero-order chi connectivity index (χ0) is 11.2. The van der Waals surface area contributed by atoms with E-state index in [-0.39, 0.29) is 0 Å². The molecule has 1 aromatic rings. The summed E-state index contributed by atoms with van der Waals surface area (Å²) in [6.07, 6.45) is 3.07. The van der Waals surface area contributed by atoms with E-state index in [0.29, 0.717) is 0 Å². The topological polar surface area (TPSA) is 45.1 Å². The van der Waals surface area contributed by atoms with Crippen molar-refractivity contribution in [2.45, 2.75) is 6.42 Å². The summed E-state index contributed by atoms with van der Waals surface area (Å²) in [5.74, 6) is 1.09. The second kappa shape index (κ2) is 5.86. The van der Waals surface area contributed by atoms with Crippen molar-refractivity contribution in [1.82, 2.24) is 20.0 Å². The van der Waals surface area contributed by atoms with Gasteiger partial charge in [-0.05, 0) is 19.5 Å². The molecule has 1 aliphatic heterocycles. The van der Waals surface area contributed by atoms with Crippen LogP contribution in [0.3, 0.4) is 0 Å². The van der Waals surface area contributed by atoms with E-state index < -0.39 is 0 Å². The number of rotatable bonds is 4. The van der Waals surface area contributed by atoms with Crippen molar-refractivity contribution in [2.24, 2.45) is 7.05 Å². The van der Waals surface area contributed by atoms with E-state index in [2.05, 4.69) is 20.6 Å². The van der Waals surface area contributed by atoms with Crippen molar-refractivity contribution in [1.29, 1.82) is 0 Å². The van der Waals surface area contributed by atoms with E-state index in [9.17, 15) is 0 Å². The second-order valence-electron chi connectivity index (χ2n) is 4.21. The van der Waals surface area contributed by atoms with Crippen LogP contribution in [0.15, 0.2) is 12.3 Å². The molecule has 5 nitrogen and oxygen atoms in total. The normalized spacial score (nSPS) is 18.3. The molecule has 2 heterocycles. The highest BCUT2D eigenvalue weighted by Crippen LogP contribution is 2.02. The standard InChI is InChI=1S/C11H21N5/c1-15-11(3-5-14-15)13-7-10-16-8-2-4-12-6-9-16/h3,5,12-13H,2,4,6-10H2,1H3. The smallest absolute Gasteiger partial charge is 0.123 e. The van der Waals surface area contributed by atoms with Gasteiger partial charge in [0.05, 0.1) is 6.20 Å². The van der Waals surface area contributed by atoms with Gasteiger partial charge in [0.25, 0.3) is 0 Å². The van der Waals surface area contributed by atoms with E-state index in [0.717, 1.165) is 38.5 Å². The molecule has 2 rings (SSSR count). The van der Waals surface area contributed by atoms with Crippen LogP contribution >= 0.6 is 0 Å². The molecule has 0 amide bonds. The molecule has 90 valence electrons. The lowest BCUT2D eigenvalue weighted by molar-refractivity contribution is 0.304. The molecule has 16 heavy (non-hydrogen) atoms. The van der Waals surface area contributed by atoms with Crippen LogP contribution in [0.1, 0.15) is 6.42 Å². The Kier molecular flexibility index (Phi) is 4.18. The van der Waals surface area contributed by atoms with Crippen LogP contribution in [-0.4, -0.2) is 53.9 Å². The zero-order valence-corrected chi connectivity index (χ0v) is 9.95. The molecule has 1 fully saturated rings. The Hall–Kier alpha value is -1.07. The summed E-state index contributed by atoms with van der Waals surface area (Å²) in [6, 6.07) is 2.00. The molecular weight excluding hydrogens is 202 g/mol. The fraction of sp³-hybridized carbons (Fsp3) is 0.727. The van der Waals surface area contributed by atoms with E-state index in [1.807, 2.05) is 24.0 Å². The maximum absolute atomic E-state index is 4.13. The van der Waals surface area contributed by atoms with Crippen molar-refractivity contribution >= 4 is 5.82 Å². The first-order valence-electron chi connectivity index (χ1n) is 6.01. The molecule has 2 N–H and O–H groups in total. The van der Waals surface area contributed by atoms with Gasteiger partial charge < -0.3 is 15.5 Å². The molecule has 5 heteroatoms. The first-order chi connectivity index (χ1) is 7.86. The Morgan fingerprint density at radius 1 is 1.44 bits per heavy atom. The molecule has 0 atom stereocenters. The van der Waals surface area contributed by atoms with Crippen LogP contribution in [0, 0.1) is 0 Å².